The highest BCUT2D eigenvalue weighted by atomic mass is 31.2. The number of amides is 1. The van der Waals surface area contributed by atoms with Crippen molar-refractivity contribution in [2.45, 2.75) is 276 Å². The molecule has 0 saturated heterocycles. The van der Waals surface area contributed by atoms with Gasteiger partial charge in [-0.2, -0.15) is 0 Å². The summed E-state index contributed by atoms with van der Waals surface area (Å²) in [7, 11) is 1.58. The molecule has 8 nitrogen and oxygen atoms in total. The maximum absolute atomic E-state index is 12.9. The van der Waals surface area contributed by atoms with Crippen LogP contribution < -0.4 is 5.32 Å². The molecule has 0 spiro atoms. The standard InChI is InChI=1S/C54H107N2O6P/c1-6-8-10-12-14-16-18-20-22-23-24-25-26-27-28-29-30-31-32-34-35-37-39-41-43-45-47-53(57)52(51-62-63(59,60)61-50-49-56(3,4)5)55-54(58)48-46-44-42-40-38-36-33-21-19-17-15-13-11-9-7-2/h21,33,45,47,52-53,57H,6-20,22-32,34-44,46,48-51H2,1-5H3,(H-,55,58,59,60)/p+1/b33-21-,47-45+. The van der Waals surface area contributed by atoms with Gasteiger partial charge in [-0.15, -0.1) is 0 Å². The van der Waals surface area contributed by atoms with Crippen LogP contribution in [0.25, 0.3) is 0 Å². The van der Waals surface area contributed by atoms with Crippen molar-refractivity contribution in [2.24, 2.45) is 0 Å². The molecule has 0 aromatic carbocycles. The first-order chi connectivity index (χ1) is 30.5. The number of nitrogens with one attached hydrogen (secondary N) is 1. The quantitative estimate of drug-likeness (QED) is 0.0243. The van der Waals surface area contributed by atoms with Crippen molar-refractivity contribution in [1.82, 2.24) is 5.32 Å². The predicted molar refractivity (Wildman–Crippen MR) is 272 cm³/mol. The van der Waals surface area contributed by atoms with Gasteiger partial charge in [0.05, 0.1) is 39.9 Å². The van der Waals surface area contributed by atoms with Gasteiger partial charge in [0.2, 0.25) is 5.91 Å². The summed E-state index contributed by atoms with van der Waals surface area (Å²) in [6.07, 6.45) is 57.0. The lowest BCUT2D eigenvalue weighted by Crippen LogP contribution is -2.45. The van der Waals surface area contributed by atoms with E-state index >= 15 is 0 Å². The van der Waals surface area contributed by atoms with E-state index in [4.69, 9.17) is 9.05 Å². The first-order valence-corrected chi connectivity index (χ1v) is 28.7. The molecule has 0 aromatic heterocycles. The number of quaternary nitrogens is 1. The van der Waals surface area contributed by atoms with Crippen LogP contribution in [0.5, 0.6) is 0 Å². The number of likely N-dealkylation sites (N-methyl/N-ethyl adjacent to an activating group) is 1. The molecular weight excluding hydrogens is 804 g/mol. The highest BCUT2D eigenvalue weighted by molar-refractivity contribution is 7.47. The number of rotatable bonds is 50. The summed E-state index contributed by atoms with van der Waals surface area (Å²) >= 11 is 0. The van der Waals surface area contributed by atoms with E-state index in [0.29, 0.717) is 17.4 Å². The fraction of sp³-hybridized carbons (Fsp3) is 0.907. The fourth-order valence-electron chi connectivity index (χ4n) is 8.10. The van der Waals surface area contributed by atoms with Crippen LogP contribution in [0.1, 0.15) is 264 Å². The van der Waals surface area contributed by atoms with Crippen LogP contribution >= 0.6 is 7.82 Å². The van der Waals surface area contributed by atoms with Crippen molar-refractivity contribution in [3.8, 4) is 0 Å². The van der Waals surface area contributed by atoms with Crippen LogP contribution in [0.3, 0.4) is 0 Å². The van der Waals surface area contributed by atoms with Crippen molar-refractivity contribution in [3.05, 3.63) is 24.3 Å². The number of aliphatic hydroxyl groups is 1. The fourth-order valence-corrected chi connectivity index (χ4v) is 8.83. The summed E-state index contributed by atoms with van der Waals surface area (Å²) in [5.41, 5.74) is 0. The number of hydrogen-bond acceptors (Lipinski definition) is 5. The molecule has 0 saturated carbocycles. The monoisotopic (exact) mass is 912 g/mol. The number of nitrogens with zero attached hydrogens (tertiary/aromatic N) is 1. The molecule has 1 amide bonds. The third kappa shape index (κ3) is 48.7. The van der Waals surface area contributed by atoms with Crippen LogP contribution in [0.2, 0.25) is 0 Å². The van der Waals surface area contributed by atoms with Gasteiger partial charge in [-0.1, -0.05) is 237 Å². The molecular formula is C54H108N2O6P+. The maximum Gasteiger partial charge on any atom is 0.472 e. The van der Waals surface area contributed by atoms with Crippen molar-refractivity contribution in [3.63, 3.8) is 0 Å². The zero-order valence-corrected chi connectivity index (χ0v) is 43.5. The van der Waals surface area contributed by atoms with Crippen molar-refractivity contribution in [2.75, 3.05) is 40.9 Å². The number of allylic oxidation sites excluding steroid dienone is 3. The molecule has 0 aromatic rings. The Morgan fingerprint density at radius 3 is 1.22 bits per heavy atom. The van der Waals surface area contributed by atoms with Gasteiger partial charge in [0.25, 0.3) is 0 Å². The summed E-state index contributed by atoms with van der Waals surface area (Å²) in [4.78, 5) is 23.2. The molecule has 9 heteroatoms. The average Bonchev–Trinajstić information content (AvgIpc) is 3.24. The van der Waals surface area contributed by atoms with Crippen molar-refractivity contribution >= 4 is 13.7 Å². The lowest BCUT2D eigenvalue weighted by molar-refractivity contribution is -0.870. The molecule has 3 unspecified atom stereocenters. The first kappa shape index (κ1) is 62.0. The minimum absolute atomic E-state index is 0.0613. The zero-order valence-electron chi connectivity index (χ0n) is 42.6. The molecule has 0 fully saturated rings. The Morgan fingerprint density at radius 1 is 0.524 bits per heavy atom. The number of carbonyl (C=O) groups is 1. The summed E-state index contributed by atoms with van der Waals surface area (Å²) in [5, 5.41) is 13.9. The smallest absolute Gasteiger partial charge is 0.387 e. The van der Waals surface area contributed by atoms with E-state index in [1.54, 1.807) is 6.08 Å². The van der Waals surface area contributed by atoms with E-state index in [1.807, 2.05) is 27.2 Å². The van der Waals surface area contributed by atoms with Gasteiger partial charge in [-0.05, 0) is 44.9 Å². The lowest BCUT2D eigenvalue weighted by atomic mass is 10.0. The molecule has 0 heterocycles. The molecule has 0 aliphatic carbocycles. The van der Waals surface area contributed by atoms with Crippen LogP contribution in [0, 0.1) is 0 Å². The minimum atomic E-state index is -4.34. The van der Waals surface area contributed by atoms with Crippen LogP contribution in [0.4, 0.5) is 0 Å². The van der Waals surface area contributed by atoms with Gasteiger partial charge in [0.15, 0.2) is 0 Å². The number of carbonyl (C=O) groups excluding carboxylic acids is 1. The third-order valence-corrected chi connectivity index (χ3v) is 13.4. The maximum atomic E-state index is 12.9. The highest BCUT2D eigenvalue weighted by Gasteiger charge is 2.27. The largest absolute Gasteiger partial charge is 0.472 e. The third-order valence-electron chi connectivity index (χ3n) is 12.4. The molecule has 0 aliphatic heterocycles. The van der Waals surface area contributed by atoms with E-state index < -0.39 is 20.0 Å². The summed E-state index contributed by atoms with van der Waals surface area (Å²) < 4.78 is 23.7. The van der Waals surface area contributed by atoms with Crippen molar-refractivity contribution in [1.29, 1.82) is 0 Å². The second-order valence-corrected chi connectivity index (χ2v) is 21.4. The minimum Gasteiger partial charge on any atom is -0.387 e. The Labute approximate surface area is 392 Å². The Morgan fingerprint density at radius 2 is 0.857 bits per heavy atom. The van der Waals surface area contributed by atoms with E-state index in [9.17, 15) is 19.4 Å². The Balaban J connectivity index is 4.20. The van der Waals surface area contributed by atoms with Gasteiger partial charge in [0.1, 0.15) is 13.2 Å². The highest BCUT2D eigenvalue weighted by Crippen LogP contribution is 2.43. The number of hydrogen-bond donors (Lipinski definition) is 3. The second-order valence-electron chi connectivity index (χ2n) is 20.0. The lowest BCUT2D eigenvalue weighted by Gasteiger charge is -2.25. The van der Waals surface area contributed by atoms with Crippen molar-refractivity contribution < 1.29 is 32.9 Å². The Bertz CT molecular complexity index is 1080. The van der Waals surface area contributed by atoms with Gasteiger partial charge < -0.3 is 19.8 Å². The van der Waals surface area contributed by atoms with Gasteiger partial charge in [0, 0.05) is 6.42 Å². The van der Waals surface area contributed by atoms with E-state index in [1.165, 1.54) is 193 Å². The molecule has 0 radical (unpaired) electrons. The van der Waals surface area contributed by atoms with Gasteiger partial charge in [-0.3, -0.25) is 13.8 Å². The zero-order chi connectivity index (χ0) is 46.4. The van der Waals surface area contributed by atoms with Crippen LogP contribution in [0.15, 0.2) is 24.3 Å². The SMILES string of the molecule is CCCCCCCC/C=C\CCCCCCCC(=O)NC(COP(=O)(O)OCC[N+](C)(C)C)C(O)/C=C/CCCCCCCCCCCCCCCCCCCCCCCCCC. The Hall–Kier alpha value is -1.02. The number of phosphoric acid groups is 1. The predicted octanol–water partition coefficient (Wildman–Crippen LogP) is 16.0. The molecule has 0 bridgehead atoms. The summed E-state index contributed by atoms with van der Waals surface area (Å²) in [6, 6.07) is -0.849. The number of aliphatic hydroxyl groups excluding tert-OH is 1. The Kier molecular flexibility index (Phi) is 45.4. The number of unbranched alkanes of at least 4 members (excludes halogenated alkanes) is 35. The molecule has 3 N–H and O–H groups in total. The average molecular weight is 912 g/mol. The molecule has 0 rings (SSSR count). The molecule has 63 heavy (non-hydrogen) atoms. The summed E-state index contributed by atoms with van der Waals surface area (Å²) in [5.74, 6) is -0.183. The van der Waals surface area contributed by atoms with Gasteiger partial charge >= 0.3 is 7.82 Å². The molecule has 0 aliphatic rings. The van der Waals surface area contributed by atoms with Gasteiger partial charge in [-0.25, -0.2) is 4.57 Å². The molecule has 3 atom stereocenters. The second kappa shape index (κ2) is 46.1. The molecule has 374 valence electrons. The van der Waals surface area contributed by atoms with E-state index in [2.05, 4.69) is 31.3 Å². The number of phosphoric ester groups is 1. The normalized spacial score (nSPS) is 14.2. The van der Waals surface area contributed by atoms with E-state index in [0.717, 1.165) is 51.4 Å². The van der Waals surface area contributed by atoms with E-state index in [-0.39, 0.29) is 19.1 Å². The summed E-state index contributed by atoms with van der Waals surface area (Å²) in [6.45, 7) is 4.83. The topological polar surface area (TPSA) is 105 Å². The first-order valence-electron chi connectivity index (χ1n) is 27.2. The van der Waals surface area contributed by atoms with Crippen LogP contribution in [-0.4, -0.2) is 73.4 Å². The van der Waals surface area contributed by atoms with Crippen LogP contribution in [-0.2, 0) is 18.4 Å².